The van der Waals surface area contributed by atoms with E-state index in [0.717, 1.165) is 11.6 Å². The molecule has 0 bridgehead atoms. The average Bonchev–Trinajstić information content (AvgIpc) is 2.71. The van der Waals surface area contributed by atoms with Crippen molar-refractivity contribution in [3.05, 3.63) is 64.7 Å². The van der Waals surface area contributed by atoms with Crippen molar-refractivity contribution in [1.29, 1.82) is 5.41 Å². The summed E-state index contributed by atoms with van der Waals surface area (Å²) in [4.78, 5) is 12.6. The number of hydrogen-bond donors (Lipinski definition) is 3. The van der Waals surface area contributed by atoms with Gasteiger partial charge in [0.05, 0.1) is 12.2 Å². The van der Waals surface area contributed by atoms with Crippen molar-refractivity contribution in [3.8, 4) is 5.75 Å². The van der Waals surface area contributed by atoms with Crippen LogP contribution in [0, 0.1) is 17.0 Å². The quantitative estimate of drug-likeness (QED) is 0.417. The van der Waals surface area contributed by atoms with Gasteiger partial charge in [-0.15, -0.1) is 0 Å². The van der Waals surface area contributed by atoms with E-state index < -0.39 is 29.2 Å². The third-order valence-electron chi connectivity index (χ3n) is 4.12. The average molecular weight is 405 g/mol. The standard InChI is InChI=1S/C21H25F2N3O3/c1-3-11-29-16-10-9-15(22)17(18(16)23)19(28-4-2)21(27)26-12-13-5-7-14(8-6-13)20(24)25/h5-10,19H,3-4,11-12H2,1-2H3,(H3,24,25)(H,26,27). The summed E-state index contributed by atoms with van der Waals surface area (Å²) in [5.74, 6) is -2.69. The molecule has 0 heterocycles. The first kappa shape index (κ1) is 22.3. The van der Waals surface area contributed by atoms with E-state index in [-0.39, 0.29) is 31.3 Å². The largest absolute Gasteiger partial charge is 0.491 e. The molecule has 0 saturated heterocycles. The van der Waals surface area contributed by atoms with Crippen LogP contribution < -0.4 is 15.8 Å². The Morgan fingerprint density at radius 1 is 1.17 bits per heavy atom. The number of nitrogen functional groups attached to an aromatic ring is 1. The lowest BCUT2D eigenvalue weighted by Gasteiger charge is -2.20. The molecule has 0 saturated carbocycles. The zero-order chi connectivity index (χ0) is 21.4. The number of halogens is 2. The van der Waals surface area contributed by atoms with E-state index >= 15 is 0 Å². The minimum Gasteiger partial charge on any atom is -0.491 e. The number of nitrogens with one attached hydrogen (secondary N) is 2. The summed E-state index contributed by atoms with van der Waals surface area (Å²) in [6.07, 6.45) is -0.800. The molecule has 1 amide bonds. The molecule has 0 radical (unpaired) electrons. The van der Waals surface area contributed by atoms with E-state index in [9.17, 15) is 13.6 Å². The zero-order valence-corrected chi connectivity index (χ0v) is 16.4. The molecule has 2 rings (SSSR count). The van der Waals surface area contributed by atoms with Crippen LogP contribution in [0.15, 0.2) is 36.4 Å². The number of amidine groups is 1. The van der Waals surface area contributed by atoms with Crippen LogP contribution in [0.3, 0.4) is 0 Å². The molecule has 0 aromatic heterocycles. The SMILES string of the molecule is CCCOc1ccc(F)c(C(OCC)C(=O)NCc2ccc(C(=N)N)cc2)c1F. The monoisotopic (exact) mass is 405 g/mol. The van der Waals surface area contributed by atoms with Crippen molar-refractivity contribution >= 4 is 11.7 Å². The number of carbonyl (C=O) groups is 1. The smallest absolute Gasteiger partial charge is 0.254 e. The van der Waals surface area contributed by atoms with Gasteiger partial charge in [0.2, 0.25) is 0 Å². The molecule has 1 unspecified atom stereocenters. The Bertz CT molecular complexity index is 857. The fourth-order valence-corrected chi connectivity index (χ4v) is 2.65. The fraction of sp³-hybridized carbons (Fsp3) is 0.333. The summed E-state index contributed by atoms with van der Waals surface area (Å²) in [5.41, 5.74) is 6.22. The molecule has 0 aliphatic rings. The van der Waals surface area contributed by atoms with Crippen LogP contribution in [0.5, 0.6) is 5.75 Å². The number of benzene rings is 2. The Morgan fingerprint density at radius 3 is 2.45 bits per heavy atom. The molecule has 0 fully saturated rings. The highest BCUT2D eigenvalue weighted by atomic mass is 19.1. The first-order valence-corrected chi connectivity index (χ1v) is 9.32. The predicted octanol–water partition coefficient (Wildman–Crippen LogP) is 3.43. The Kier molecular flexibility index (Phi) is 8.09. The molecule has 2 aromatic carbocycles. The van der Waals surface area contributed by atoms with Gasteiger partial charge >= 0.3 is 0 Å². The van der Waals surface area contributed by atoms with Gasteiger partial charge in [0.15, 0.2) is 17.7 Å². The normalized spacial score (nSPS) is 11.7. The summed E-state index contributed by atoms with van der Waals surface area (Å²) >= 11 is 0. The maximum atomic E-state index is 14.8. The molecule has 2 aromatic rings. The molecule has 4 N–H and O–H groups in total. The van der Waals surface area contributed by atoms with Gasteiger partial charge in [0.1, 0.15) is 11.7 Å². The third kappa shape index (κ3) is 5.74. The van der Waals surface area contributed by atoms with Crippen LogP contribution in [0.4, 0.5) is 8.78 Å². The van der Waals surface area contributed by atoms with E-state index in [0.29, 0.717) is 12.0 Å². The van der Waals surface area contributed by atoms with Gasteiger partial charge in [-0.2, -0.15) is 0 Å². The van der Waals surface area contributed by atoms with Gasteiger partial charge < -0.3 is 20.5 Å². The number of carbonyl (C=O) groups excluding carboxylic acids is 1. The van der Waals surface area contributed by atoms with Crippen LogP contribution >= 0.6 is 0 Å². The second-order valence-electron chi connectivity index (χ2n) is 6.29. The Balaban J connectivity index is 2.20. The Morgan fingerprint density at radius 2 is 1.86 bits per heavy atom. The summed E-state index contributed by atoms with van der Waals surface area (Å²) in [7, 11) is 0. The lowest BCUT2D eigenvalue weighted by molar-refractivity contribution is -0.133. The maximum absolute atomic E-state index is 14.8. The molecule has 0 aliphatic heterocycles. The highest BCUT2D eigenvalue weighted by Gasteiger charge is 2.29. The highest BCUT2D eigenvalue weighted by Crippen LogP contribution is 2.30. The third-order valence-corrected chi connectivity index (χ3v) is 4.12. The first-order valence-electron chi connectivity index (χ1n) is 9.32. The molecule has 29 heavy (non-hydrogen) atoms. The van der Waals surface area contributed by atoms with Crippen molar-refractivity contribution in [2.75, 3.05) is 13.2 Å². The van der Waals surface area contributed by atoms with Crippen LogP contribution in [-0.2, 0) is 16.1 Å². The summed E-state index contributed by atoms with van der Waals surface area (Å²) in [6.45, 7) is 3.97. The van der Waals surface area contributed by atoms with Gasteiger partial charge in [-0.05, 0) is 31.0 Å². The summed E-state index contributed by atoms with van der Waals surface area (Å²) in [6, 6.07) is 8.96. The van der Waals surface area contributed by atoms with E-state index in [1.54, 1.807) is 31.2 Å². The lowest BCUT2D eigenvalue weighted by atomic mass is 10.1. The lowest BCUT2D eigenvalue weighted by Crippen LogP contribution is -2.31. The number of nitrogens with two attached hydrogens (primary N) is 1. The second kappa shape index (κ2) is 10.5. The number of ether oxygens (including phenoxy) is 2. The molecular formula is C21H25F2N3O3. The van der Waals surface area contributed by atoms with Crippen LogP contribution in [0.2, 0.25) is 0 Å². The molecule has 1 atom stereocenters. The first-order chi connectivity index (χ1) is 13.9. The van der Waals surface area contributed by atoms with Crippen molar-refractivity contribution in [2.24, 2.45) is 5.73 Å². The van der Waals surface area contributed by atoms with Crippen LogP contribution in [0.1, 0.15) is 43.1 Å². The van der Waals surface area contributed by atoms with Crippen molar-refractivity contribution < 1.29 is 23.0 Å². The Hall–Kier alpha value is -3.00. The molecule has 8 heteroatoms. The molecule has 156 valence electrons. The van der Waals surface area contributed by atoms with Gasteiger partial charge in [-0.1, -0.05) is 31.2 Å². The molecule has 0 spiro atoms. The van der Waals surface area contributed by atoms with E-state index in [4.69, 9.17) is 20.6 Å². The molecular weight excluding hydrogens is 380 g/mol. The second-order valence-corrected chi connectivity index (χ2v) is 6.29. The number of amides is 1. The van der Waals surface area contributed by atoms with E-state index in [1.807, 2.05) is 6.92 Å². The minimum atomic E-state index is -1.46. The van der Waals surface area contributed by atoms with Gasteiger partial charge in [-0.25, -0.2) is 8.78 Å². The highest BCUT2D eigenvalue weighted by molar-refractivity contribution is 5.94. The summed E-state index contributed by atoms with van der Waals surface area (Å²) in [5, 5.41) is 10.0. The van der Waals surface area contributed by atoms with Crippen molar-refractivity contribution in [3.63, 3.8) is 0 Å². The van der Waals surface area contributed by atoms with Crippen molar-refractivity contribution in [1.82, 2.24) is 5.32 Å². The minimum absolute atomic E-state index is 0.0619. The number of rotatable bonds is 10. The van der Waals surface area contributed by atoms with Gasteiger partial charge in [-0.3, -0.25) is 10.2 Å². The fourth-order valence-electron chi connectivity index (χ4n) is 2.65. The van der Waals surface area contributed by atoms with Gasteiger partial charge in [0.25, 0.3) is 5.91 Å². The molecule has 0 aliphatic carbocycles. The van der Waals surface area contributed by atoms with Crippen LogP contribution in [0.25, 0.3) is 0 Å². The number of hydrogen-bond acceptors (Lipinski definition) is 4. The van der Waals surface area contributed by atoms with Gasteiger partial charge in [0, 0.05) is 18.7 Å². The van der Waals surface area contributed by atoms with E-state index in [1.165, 1.54) is 6.07 Å². The zero-order valence-electron chi connectivity index (χ0n) is 16.4. The summed E-state index contributed by atoms with van der Waals surface area (Å²) < 4.78 is 39.8. The topological polar surface area (TPSA) is 97.4 Å². The predicted molar refractivity (Wildman–Crippen MR) is 106 cm³/mol. The van der Waals surface area contributed by atoms with Crippen molar-refractivity contribution in [2.45, 2.75) is 32.9 Å². The Labute approximate surface area is 168 Å². The van der Waals surface area contributed by atoms with Crippen LogP contribution in [-0.4, -0.2) is 25.0 Å². The molecule has 6 nitrogen and oxygen atoms in total. The van der Waals surface area contributed by atoms with E-state index in [2.05, 4.69) is 5.32 Å². The maximum Gasteiger partial charge on any atom is 0.254 e.